The molecular formula is C15H13Cl3N2O. The molecule has 1 aromatic carbocycles. The molecule has 3 nitrogen and oxygen atoms in total. The van der Waals surface area contributed by atoms with Crippen molar-refractivity contribution in [2.24, 2.45) is 0 Å². The lowest BCUT2D eigenvalue weighted by Crippen LogP contribution is -2.26. The van der Waals surface area contributed by atoms with E-state index in [1.54, 1.807) is 49.2 Å². The number of halogens is 3. The van der Waals surface area contributed by atoms with Crippen LogP contribution in [-0.4, -0.2) is 22.8 Å². The first-order valence-corrected chi connectivity index (χ1v) is 7.33. The van der Waals surface area contributed by atoms with Gasteiger partial charge in [0.1, 0.15) is 5.15 Å². The van der Waals surface area contributed by atoms with Crippen molar-refractivity contribution in [1.82, 2.24) is 9.88 Å². The summed E-state index contributed by atoms with van der Waals surface area (Å²) in [6, 6.07) is 8.47. The van der Waals surface area contributed by atoms with E-state index in [-0.39, 0.29) is 5.91 Å². The summed E-state index contributed by atoms with van der Waals surface area (Å²) in [5, 5.41) is 1.39. The molecule has 0 atom stereocenters. The molecule has 0 fully saturated rings. The standard InChI is InChI=1S/C15H13Cl3N2O/c1-9-3-11(6-14(18)19-9)15(21)20(2)8-10-4-12(16)7-13(17)5-10/h3-7H,8H2,1-2H3. The number of carbonyl (C=O) groups excluding carboxylic acids is 1. The molecule has 0 aliphatic rings. The molecule has 0 saturated heterocycles. The van der Waals surface area contributed by atoms with Crippen LogP contribution in [0.1, 0.15) is 21.6 Å². The number of rotatable bonds is 3. The number of nitrogens with zero attached hydrogens (tertiary/aromatic N) is 2. The first-order valence-electron chi connectivity index (χ1n) is 6.20. The van der Waals surface area contributed by atoms with Crippen molar-refractivity contribution >= 4 is 40.7 Å². The highest BCUT2D eigenvalue weighted by molar-refractivity contribution is 6.34. The number of benzene rings is 1. The molecule has 1 amide bonds. The van der Waals surface area contributed by atoms with Gasteiger partial charge in [-0.15, -0.1) is 0 Å². The maximum Gasteiger partial charge on any atom is 0.254 e. The predicted molar refractivity (Wildman–Crippen MR) is 86.2 cm³/mol. The van der Waals surface area contributed by atoms with Gasteiger partial charge >= 0.3 is 0 Å². The van der Waals surface area contributed by atoms with E-state index in [9.17, 15) is 4.79 Å². The van der Waals surface area contributed by atoms with E-state index in [1.807, 2.05) is 0 Å². The third kappa shape index (κ3) is 4.34. The quantitative estimate of drug-likeness (QED) is 0.762. The Labute approximate surface area is 138 Å². The number of aryl methyl sites for hydroxylation is 1. The second-order valence-electron chi connectivity index (χ2n) is 4.76. The molecule has 0 N–H and O–H groups in total. The highest BCUT2D eigenvalue weighted by atomic mass is 35.5. The van der Waals surface area contributed by atoms with E-state index in [0.29, 0.717) is 33.0 Å². The smallest absolute Gasteiger partial charge is 0.254 e. The number of hydrogen-bond acceptors (Lipinski definition) is 2. The number of hydrogen-bond donors (Lipinski definition) is 0. The van der Waals surface area contributed by atoms with Gasteiger partial charge in [-0.2, -0.15) is 0 Å². The van der Waals surface area contributed by atoms with Gasteiger partial charge in [-0.05, 0) is 42.8 Å². The minimum Gasteiger partial charge on any atom is -0.337 e. The molecule has 110 valence electrons. The normalized spacial score (nSPS) is 10.5. The van der Waals surface area contributed by atoms with Crippen LogP contribution < -0.4 is 0 Å². The first-order chi connectivity index (χ1) is 9.85. The SMILES string of the molecule is Cc1cc(C(=O)N(C)Cc2cc(Cl)cc(Cl)c2)cc(Cl)n1. The summed E-state index contributed by atoms with van der Waals surface area (Å²) in [6.45, 7) is 2.19. The van der Waals surface area contributed by atoms with Crippen LogP contribution >= 0.6 is 34.8 Å². The Morgan fingerprint density at radius 3 is 2.29 bits per heavy atom. The average molecular weight is 344 g/mol. The minimum atomic E-state index is -0.140. The zero-order valence-corrected chi connectivity index (χ0v) is 13.8. The van der Waals surface area contributed by atoms with Crippen LogP contribution in [-0.2, 0) is 6.54 Å². The largest absolute Gasteiger partial charge is 0.337 e. The van der Waals surface area contributed by atoms with Crippen molar-refractivity contribution in [2.75, 3.05) is 7.05 Å². The Morgan fingerprint density at radius 2 is 1.71 bits per heavy atom. The van der Waals surface area contributed by atoms with Gasteiger partial charge in [0.05, 0.1) is 0 Å². The predicted octanol–water partition coefficient (Wildman–Crippen LogP) is 4.62. The van der Waals surface area contributed by atoms with Crippen LogP contribution in [0.5, 0.6) is 0 Å². The summed E-state index contributed by atoms with van der Waals surface area (Å²) in [6.07, 6.45) is 0. The van der Waals surface area contributed by atoms with Crippen molar-refractivity contribution in [2.45, 2.75) is 13.5 Å². The number of amides is 1. The highest BCUT2D eigenvalue weighted by Crippen LogP contribution is 2.20. The van der Waals surface area contributed by atoms with E-state index >= 15 is 0 Å². The lowest BCUT2D eigenvalue weighted by Gasteiger charge is -2.18. The second kappa shape index (κ2) is 6.65. The highest BCUT2D eigenvalue weighted by Gasteiger charge is 2.14. The molecule has 0 radical (unpaired) electrons. The van der Waals surface area contributed by atoms with Gasteiger partial charge in [0, 0.05) is 34.9 Å². The lowest BCUT2D eigenvalue weighted by atomic mass is 10.1. The van der Waals surface area contributed by atoms with Crippen molar-refractivity contribution < 1.29 is 4.79 Å². The van der Waals surface area contributed by atoms with Gasteiger partial charge in [0.25, 0.3) is 5.91 Å². The maximum absolute atomic E-state index is 12.4. The Bertz CT molecular complexity index is 648. The van der Waals surface area contributed by atoms with E-state index in [2.05, 4.69) is 4.98 Å². The third-order valence-corrected chi connectivity index (χ3v) is 3.49. The van der Waals surface area contributed by atoms with Crippen molar-refractivity contribution in [3.63, 3.8) is 0 Å². The van der Waals surface area contributed by atoms with Crippen LogP contribution in [0.15, 0.2) is 30.3 Å². The van der Waals surface area contributed by atoms with Gasteiger partial charge in [0.2, 0.25) is 0 Å². The number of pyridine rings is 1. The summed E-state index contributed by atoms with van der Waals surface area (Å²) in [5.41, 5.74) is 2.06. The number of aromatic nitrogens is 1. The molecule has 0 saturated carbocycles. The van der Waals surface area contributed by atoms with Gasteiger partial charge in [0.15, 0.2) is 0 Å². The van der Waals surface area contributed by atoms with Crippen LogP contribution in [0.3, 0.4) is 0 Å². The fourth-order valence-electron chi connectivity index (χ4n) is 2.02. The lowest BCUT2D eigenvalue weighted by molar-refractivity contribution is 0.0785. The molecule has 0 bridgehead atoms. The molecule has 0 aliphatic carbocycles. The molecule has 21 heavy (non-hydrogen) atoms. The molecule has 2 rings (SSSR count). The molecule has 0 aliphatic heterocycles. The summed E-state index contributed by atoms with van der Waals surface area (Å²) in [5.74, 6) is -0.140. The Morgan fingerprint density at radius 1 is 1.10 bits per heavy atom. The van der Waals surface area contributed by atoms with Crippen LogP contribution in [0, 0.1) is 6.92 Å². The summed E-state index contributed by atoms with van der Waals surface area (Å²) < 4.78 is 0. The molecule has 1 heterocycles. The van der Waals surface area contributed by atoms with Gasteiger partial charge in [-0.25, -0.2) is 4.98 Å². The number of carbonyl (C=O) groups is 1. The molecule has 0 unspecified atom stereocenters. The zero-order chi connectivity index (χ0) is 15.6. The Kier molecular flexibility index (Phi) is 5.09. The molecule has 2 aromatic rings. The van der Waals surface area contributed by atoms with Crippen LogP contribution in [0.2, 0.25) is 15.2 Å². The van der Waals surface area contributed by atoms with E-state index in [4.69, 9.17) is 34.8 Å². The van der Waals surface area contributed by atoms with E-state index in [1.165, 1.54) is 0 Å². The Hall–Kier alpha value is -1.29. The van der Waals surface area contributed by atoms with Crippen molar-refractivity contribution in [3.8, 4) is 0 Å². The first kappa shape index (κ1) is 16.1. The van der Waals surface area contributed by atoms with Gasteiger partial charge < -0.3 is 4.90 Å². The fourth-order valence-corrected chi connectivity index (χ4v) is 2.84. The fraction of sp³-hybridized carbons (Fsp3) is 0.200. The second-order valence-corrected chi connectivity index (χ2v) is 6.02. The molecule has 1 aromatic heterocycles. The summed E-state index contributed by atoms with van der Waals surface area (Å²) >= 11 is 17.8. The van der Waals surface area contributed by atoms with Gasteiger partial charge in [-0.1, -0.05) is 34.8 Å². The Balaban J connectivity index is 2.19. The van der Waals surface area contributed by atoms with Crippen LogP contribution in [0.4, 0.5) is 0 Å². The van der Waals surface area contributed by atoms with Gasteiger partial charge in [-0.3, -0.25) is 4.79 Å². The third-order valence-electron chi connectivity index (χ3n) is 2.86. The average Bonchev–Trinajstić information content (AvgIpc) is 2.35. The monoisotopic (exact) mass is 342 g/mol. The minimum absolute atomic E-state index is 0.140. The molecular weight excluding hydrogens is 331 g/mol. The molecule has 0 spiro atoms. The van der Waals surface area contributed by atoms with Crippen molar-refractivity contribution in [1.29, 1.82) is 0 Å². The van der Waals surface area contributed by atoms with Crippen molar-refractivity contribution in [3.05, 3.63) is 62.4 Å². The van der Waals surface area contributed by atoms with E-state index in [0.717, 1.165) is 5.56 Å². The van der Waals surface area contributed by atoms with Crippen LogP contribution in [0.25, 0.3) is 0 Å². The summed E-state index contributed by atoms with van der Waals surface area (Å²) in [7, 11) is 1.71. The zero-order valence-electron chi connectivity index (χ0n) is 11.5. The summed E-state index contributed by atoms with van der Waals surface area (Å²) in [4.78, 5) is 18.0. The molecule has 6 heteroatoms. The topological polar surface area (TPSA) is 33.2 Å². The maximum atomic E-state index is 12.4. The van der Waals surface area contributed by atoms with E-state index < -0.39 is 0 Å².